The third-order valence-electron chi connectivity index (χ3n) is 8.90. The number of hydrogen-bond donors (Lipinski definition) is 0. The number of hydrogen-bond acceptors (Lipinski definition) is 10. The molecule has 40 heavy (non-hydrogen) atoms. The van der Waals surface area contributed by atoms with Gasteiger partial charge in [0.1, 0.15) is 24.4 Å². The van der Waals surface area contributed by atoms with E-state index in [4.69, 9.17) is 23.7 Å². The predicted octanol–water partition coefficient (Wildman–Crippen LogP) is 3.99. The highest BCUT2D eigenvalue weighted by atomic mass is 16.6. The van der Waals surface area contributed by atoms with Crippen molar-refractivity contribution >= 4 is 29.8 Å². The first-order valence-corrected chi connectivity index (χ1v) is 13.7. The standard InChI is InChI=1S/C30H42O10/c1-14-22(36-16(3)31)11-12-30(10)25(14)26(38-18(5)33)21-13-23(37-17(4)32)15(2)24(29(21,8)9)27(39-19(6)34)28(30)40-20(7)35/h21-23,25-28H,1,11-13H2,2-10H3/t21-,22-,23-,25-,26+,27+,28-,30+/m0/s1. The van der Waals surface area contributed by atoms with Gasteiger partial charge in [-0.2, -0.15) is 0 Å². The van der Waals surface area contributed by atoms with Crippen LogP contribution in [0.4, 0.5) is 0 Å². The number of esters is 5. The lowest BCUT2D eigenvalue weighted by molar-refractivity contribution is -0.205. The summed E-state index contributed by atoms with van der Waals surface area (Å²) in [6, 6.07) is 0. The van der Waals surface area contributed by atoms with Crippen LogP contribution in [0, 0.1) is 22.7 Å². The first-order chi connectivity index (χ1) is 18.4. The summed E-state index contributed by atoms with van der Waals surface area (Å²) in [4.78, 5) is 62.0. The minimum Gasteiger partial charge on any atom is -0.462 e. The van der Waals surface area contributed by atoms with Gasteiger partial charge in [0.15, 0.2) is 6.10 Å². The minimum atomic E-state index is -1.03. The lowest BCUT2D eigenvalue weighted by atomic mass is 9.49. The molecule has 0 saturated heterocycles. The normalized spacial score (nSPS) is 34.8. The Hall–Kier alpha value is -3.17. The fourth-order valence-electron chi connectivity index (χ4n) is 7.45. The molecule has 222 valence electrons. The summed E-state index contributed by atoms with van der Waals surface area (Å²) in [6.45, 7) is 18.5. The van der Waals surface area contributed by atoms with Crippen molar-refractivity contribution in [2.24, 2.45) is 22.7 Å². The van der Waals surface area contributed by atoms with Gasteiger partial charge in [0, 0.05) is 51.9 Å². The first kappa shape index (κ1) is 31.4. The molecule has 0 N–H and O–H groups in total. The van der Waals surface area contributed by atoms with E-state index in [1.165, 1.54) is 34.6 Å². The molecule has 0 unspecified atom stereocenters. The monoisotopic (exact) mass is 562 g/mol. The van der Waals surface area contributed by atoms with E-state index in [1.54, 1.807) is 0 Å². The minimum absolute atomic E-state index is 0.322. The molecule has 0 heterocycles. The topological polar surface area (TPSA) is 132 Å². The Morgan fingerprint density at radius 3 is 1.75 bits per heavy atom. The van der Waals surface area contributed by atoms with Crippen molar-refractivity contribution in [2.45, 2.75) is 112 Å². The molecular formula is C30H42O10. The molecule has 0 aromatic carbocycles. The highest BCUT2D eigenvalue weighted by molar-refractivity contribution is 5.69. The molecule has 0 aromatic heterocycles. The van der Waals surface area contributed by atoms with Gasteiger partial charge in [-0.15, -0.1) is 0 Å². The maximum atomic E-state index is 12.6. The average Bonchev–Trinajstić information content (AvgIpc) is 2.78. The number of rotatable bonds is 5. The average molecular weight is 563 g/mol. The van der Waals surface area contributed by atoms with Crippen LogP contribution in [-0.4, -0.2) is 60.4 Å². The quantitative estimate of drug-likeness (QED) is 0.275. The Bertz CT molecular complexity index is 1130. The summed E-state index contributed by atoms with van der Waals surface area (Å²) in [5.41, 5.74) is 0.129. The Balaban J connectivity index is 2.42. The largest absolute Gasteiger partial charge is 0.462 e. The van der Waals surface area contributed by atoms with Gasteiger partial charge in [-0.25, -0.2) is 0 Å². The van der Waals surface area contributed by atoms with Crippen molar-refractivity contribution < 1.29 is 47.7 Å². The fourth-order valence-corrected chi connectivity index (χ4v) is 7.45. The lowest BCUT2D eigenvalue weighted by Crippen LogP contribution is -2.64. The number of ether oxygens (including phenoxy) is 5. The van der Waals surface area contributed by atoms with Gasteiger partial charge in [-0.05, 0) is 48.3 Å². The zero-order chi connectivity index (χ0) is 30.3. The van der Waals surface area contributed by atoms with E-state index < -0.39 is 83.0 Å². The fraction of sp³-hybridized carbons (Fsp3) is 0.700. The van der Waals surface area contributed by atoms with Crippen molar-refractivity contribution in [2.75, 3.05) is 0 Å². The van der Waals surface area contributed by atoms with Gasteiger partial charge in [0.2, 0.25) is 0 Å². The van der Waals surface area contributed by atoms with Gasteiger partial charge in [-0.1, -0.05) is 27.4 Å². The first-order valence-electron chi connectivity index (χ1n) is 13.7. The zero-order valence-corrected chi connectivity index (χ0v) is 25.0. The van der Waals surface area contributed by atoms with Crippen molar-refractivity contribution in [3.8, 4) is 0 Å². The summed E-state index contributed by atoms with van der Waals surface area (Å²) in [5, 5.41) is 0. The molecule has 2 fully saturated rings. The van der Waals surface area contributed by atoms with Crippen molar-refractivity contribution in [1.29, 1.82) is 0 Å². The molecule has 0 amide bonds. The van der Waals surface area contributed by atoms with Gasteiger partial charge < -0.3 is 23.7 Å². The van der Waals surface area contributed by atoms with E-state index >= 15 is 0 Å². The zero-order valence-electron chi connectivity index (χ0n) is 25.0. The maximum absolute atomic E-state index is 12.6. The molecule has 10 nitrogen and oxygen atoms in total. The Kier molecular flexibility index (Phi) is 8.91. The van der Waals surface area contributed by atoms with Crippen LogP contribution in [0.2, 0.25) is 0 Å². The van der Waals surface area contributed by atoms with E-state index in [0.717, 1.165) is 0 Å². The van der Waals surface area contributed by atoms with Crippen LogP contribution < -0.4 is 0 Å². The highest BCUT2D eigenvalue weighted by Crippen LogP contribution is 2.61. The summed E-state index contributed by atoms with van der Waals surface area (Å²) >= 11 is 0. The van der Waals surface area contributed by atoms with Crippen LogP contribution in [0.3, 0.4) is 0 Å². The Labute approximate surface area is 235 Å². The van der Waals surface area contributed by atoms with E-state index in [1.807, 2.05) is 27.7 Å². The lowest BCUT2D eigenvalue weighted by Gasteiger charge is -2.60. The molecule has 2 saturated carbocycles. The van der Waals surface area contributed by atoms with E-state index in [-0.39, 0.29) is 0 Å². The van der Waals surface area contributed by atoms with Gasteiger partial charge in [0.05, 0.1) is 0 Å². The van der Waals surface area contributed by atoms with E-state index in [9.17, 15) is 24.0 Å². The van der Waals surface area contributed by atoms with Crippen LogP contribution in [0.5, 0.6) is 0 Å². The molecule has 0 radical (unpaired) electrons. The number of carbonyl (C=O) groups excluding carboxylic acids is 5. The van der Waals surface area contributed by atoms with Crippen molar-refractivity contribution in [3.05, 3.63) is 23.3 Å². The maximum Gasteiger partial charge on any atom is 0.303 e. The number of fused-ring (bicyclic) bond motifs is 3. The van der Waals surface area contributed by atoms with Crippen LogP contribution in [0.25, 0.3) is 0 Å². The molecule has 3 aliphatic carbocycles. The SMILES string of the molecule is C=C1[C@@H](OC(C)=O)CC[C@@]2(C)[C@@H](OC(C)=O)[C@H](OC(C)=O)C3=C(C)[C@@H](OC(C)=O)C[C@@H]([C@@H](OC(C)=O)[C@H]12)C3(C)C. The summed E-state index contributed by atoms with van der Waals surface area (Å²) in [5.74, 6) is -3.76. The molecule has 10 heteroatoms. The number of carbonyl (C=O) groups is 5. The van der Waals surface area contributed by atoms with Gasteiger partial charge in [-0.3, -0.25) is 24.0 Å². The van der Waals surface area contributed by atoms with Crippen LogP contribution >= 0.6 is 0 Å². The Morgan fingerprint density at radius 2 is 1.25 bits per heavy atom. The Morgan fingerprint density at radius 1 is 0.750 bits per heavy atom. The van der Waals surface area contributed by atoms with Crippen LogP contribution in [0.1, 0.15) is 81.6 Å². The van der Waals surface area contributed by atoms with Crippen LogP contribution in [0.15, 0.2) is 23.3 Å². The third kappa shape index (κ3) is 5.81. The molecule has 0 spiro atoms. The van der Waals surface area contributed by atoms with Gasteiger partial charge >= 0.3 is 29.8 Å². The summed E-state index contributed by atoms with van der Waals surface area (Å²) < 4.78 is 29.5. The molecule has 2 bridgehead atoms. The van der Waals surface area contributed by atoms with Crippen molar-refractivity contribution in [1.82, 2.24) is 0 Å². The van der Waals surface area contributed by atoms with E-state index in [0.29, 0.717) is 36.0 Å². The van der Waals surface area contributed by atoms with E-state index in [2.05, 4.69) is 6.58 Å². The second kappa shape index (κ2) is 11.4. The third-order valence-corrected chi connectivity index (χ3v) is 8.90. The molecule has 3 aliphatic rings. The smallest absolute Gasteiger partial charge is 0.303 e. The highest BCUT2D eigenvalue weighted by Gasteiger charge is 2.64. The molecule has 0 aliphatic heterocycles. The molecular weight excluding hydrogens is 520 g/mol. The van der Waals surface area contributed by atoms with Crippen LogP contribution in [-0.2, 0) is 47.7 Å². The second-order valence-electron chi connectivity index (χ2n) is 12.1. The predicted molar refractivity (Wildman–Crippen MR) is 142 cm³/mol. The van der Waals surface area contributed by atoms with Gasteiger partial charge in [0.25, 0.3) is 0 Å². The molecule has 0 aromatic rings. The van der Waals surface area contributed by atoms with Crippen molar-refractivity contribution in [3.63, 3.8) is 0 Å². The summed E-state index contributed by atoms with van der Waals surface area (Å²) in [6.07, 6.45) is -3.14. The summed E-state index contributed by atoms with van der Waals surface area (Å²) in [7, 11) is 0. The second-order valence-corrected chi connectivity index (χ2v) is 12.1. The molecule has 8 atom stereocenters. The molecule has 3 rings (SSSR count).